The first kappa shape index (κ1) is 21.6. The second kappa shape index (κ2) is 10.6. The molecule has 7 heteroatoms. The van der Waals surface area contributed by atoms with Crippen LogP contribution in [-0.2, 0) is 11.3 Å². The van der Waals surface area contributed by atoms with Gasteiger partial charge in [-0.05, 0) is 49.2 Å². The highest BCUT2D eigenvalue weighted by atomic mass is 35.5. The third-order valence-electron chi connectivity index (χ3n) is 4.25. The van der Waals surface area contributed by atoms with E-state index in [2.05, 4.69) is 29.0 Å². The molecule has 28 heavy (non-hydrogen) atoms. The molecule has 6 nitrogen and oxygen atoms in total. The number of hydrogen-bond acceptors (Lipinski definition) is 5. The smallest absolute Gasteiger partial charge is 0.244 e. The Kier molecular flexibility index (Phi) is 8.14. The van der Waals surface area contributed by atoms with Gasteiger partial charge in [0.2, 0.25) is 5.91 Å². The lowest BCUT2D eigenvalue weighted by Gasteiger charge is -2.19. The van der Waals surface area contributed by atoms with Crippen LogP contribution >= 0.6 is 11.6 Å². The SMILES string of the molecule is CCN(CC)c1ccc(CNC(=O)/C=C/c2cc(Cl)c(OC)c(OC)c2)cn1. The van der Waals surface area contributed by atoms with Crippen molar-refractivity contribution < 1.29 is 14.3 Å². The minimum absolute atomic E-state index is 0.210. The molecule has 0 saturated carbocycles. The van der Waals surface area contributed by atoms with E-state index in [0.29, 0.717) is 23.1 Å². The van der Waals surface area contributed by atoms with Gasteiger partial charge in [0, 0.05) is 31.9 Å². The first-order valence-electron chi connectivity index (χ1n) is 9.09. The molecular weight excluding hydrogens is 378 g/mol. The number of amides is 1. The van der Waals surface area contributed by atoms with Crippen molar-refractivity contribution in [2.45, 2.75) is 20.4 Å². The van der Waals surface area contributed by atoms with Gasteiger partial charge in [-0.15, -0.1) is 0 Å². The Bertz CT molecular complexity index is 818. The van der Waals surface area contributed by atoms with Gasteiger partial charge < -0.3 is 19.7 Å². The highest BCUT2D eigenvalue weighted by molar-refractivity contribution is 6.32. The molecule has 1 heterocycles. The highest BCUT2D eigenvalue weighted by Gasteiger charge is 2.10. The van der Waals surface area contributed by atoms with Gasteiger partial charge in [-0.2, -0.15) is 0 Å². The van der Waals surface area contributed by atoms with E-state index in [0.717, 1.165) is 30.0 Å². The van der Waals surface area contributed by atoms with Gasteiger partial charge in [0.05, 0.1) is 19.2 Å². The fraction of sp³-hybridized carbons (Fsp3) is 0.333. The molecule has 0 bridgehead atoms. The second-order valence-corrected chi connectivity index (χ2v) is 6.39. The Hall–Kier alpha value is -2.73. The number of rotatable bonds is 9. The number of aromatic nitrogens is 1. The summed E-state index contributed by atoms with van der Waals surface area (Å²) in [7, 11) is 3.06. The van der Waals surface area contributed by atoms with E-state index in [1.54, 1.807) is 24.4 Å². The summed E-state index contributed by atoms with van der Waals surface area (Å²) in [5, 5.41) is 3.26. The van der Waals surface area contributed by atoms with Crippen molar-refractivity contribution in [2.24, 2.45) is 0 Å². The summed E-state index contributed by atoms with van der Waals surface area (Å²) in [6.07, 6.45) is 4.91. The molecule has 150 valence electrons. The maximum absolute atomic E-state index is 12.1. The topological polar surface area (TPSA) is 63.7 Å². The molecule has 0 unspecified atom stereocenters. The Balaban J connectivity index is 1.96. The predicted octanol–water partition coefficient (Wildman–Crippen LogP) is 3.93. The number of methoxy groups -OCH3 is 2. The van der Waals surface area contributed by atoms with Gasteiger partial charge in [0.1, 0.15) is 5.82 Å². The highest BCUT2D eigenvalue weighted by Crippen LogP contribution is 2.36. The average Bonchev–Trinajstić information content (AvgIpc) is 2.72. The summed E-state index contributed by atoms with van der Waals surface area (Å²) in [6, 6.07) is 7.40. The first-order valence-corrected chi connectivity index (χ1v) is 9.47. The average molecular weight is 404 g/mol. The van der Waals surface area contributed by atoms with Crippen molar-refractivity contribution in [2.75, 3.05) is 32.2 Å². The molecule has 0 aliphatic heterocycles. The van der Waals surface area contributed by atoms with Crippen LogP contribution in [0.5, 0.6) is 11.5 Å². The molecular formula is C21H26ClN3O3. The number of ether oxygens (including phenoxy) is 2. The zero-order chi connectivity index (χ0) is 20.5. The van der Waals surface area contributed by atoms with Crippen LogP contribution < -0.4 is 19.7 Å². The minimum atomic E-state index is -0.210. The summed E-state index contributed by atoms with van der Waals surface area (Å²) in [5.41, 5.74) is 1.68. The van der Waals surface area contributed by atoms with Crippen LogP contribution in [0.25, 0.3) is 6.08 Å². The molecule has 1 N–H and O–H groups in total. The largest absolute Gasteiger partial charge is 0.493 e. The third-order valence-corrected chi connectivity index (χ3v) is 4.53. The number of nitrogens with zero attached hydrogens (tertiary/aromatic N) is 2. The number of carbonyl (C=O) groups is 1. The lowest BCUT2D eigenvalue weighted by Crippen LogP contribution is -2.23. The lowest BCUT2D eigenvalue weighted by atomic mass is 10.2. The fourth-order valence-corrected chi connectivity index (χ4v) is 3.01. The monoisotopic (exact) mass is 403 g/mol. The molecule has 1 amide bonds. The Labute approximate surface area is 171 Å². The molecule has 0 spiro atoms. The lowest BCUT2D eigenvalue weighted by molar-refractivity contribution is -0.116. The van der Waals surface area contributed by atoms with Crippen molar-refractivity contribution in [3.8, 4) is 11.5 Å². The Morgan fingerprint density at radius 1 is 1.21 bits per heavy atom. The molecule has 1 aromatic carbocycles. The maximum Gasteiger partial charge on any atom is 0.244 e. The molecule has 0 radical (unpaired) electrons. The van der Waals surface area contributed by atoms with E-state index in [1.807, 2.05) is 12.1 Å². The van der Waals surface area contributed by atoms with Crippen LogP contribution in [0.3, 0.4) is 0 Å². The van der Waals surface area contributed by atoms with Gasteiger partial charge >= 0.3 is 0 Å². The van der Waals surface area contributed by atoms with Gasteiger partial charge in [-0.25, -0.2) is 4.98 Å². The van der Waals surface area contributed by atoms with Gasteiger partial charge in [0.25, 0.3) is 0 Å². The minimum Gasteiger partial charge on any atom is -0.493 e. The van der Waals surface area contributed by atoms with E-state index in [-0.39, 0.29) is 5.91 Å². The summed E-state index contributed by atoms with van der Waals surface area (Å²) >= 11 is 6.18. The van der Waals surface area contributed by atoms with Crippen LogP contribution in [0, 0.1) is 0 Å². The number of carbonyl (C=O) groups excluding carboxylic acids is 1. The standard InChI is InChI=1S/C21H26ClN3O3/c1-5-25(6-2)19-9-7-16(13-23-19)14-24-20(26)10-8-15-11-17(22)21(28-4)18(12-15)27-3/h7-13H,5-6,14H2,1-4H3,(H,24,26)/b10-8+. The van der Waals surface area contributed by atoms with Crippen LogP contribution in [0.4, 0.5) is 5.82 Å². The normalized spacial score (nSPS) is 10.8. The van der Waals surface area contributed by atoms with Crippen molar-refractivity contribution >= 4 is 29.4 Å². The van der Waals surface area contributed by atoms with Gasteiger partial charge in [0.15, 0.2) is 11.5 Å². The first-order chi connectivity index (χ1) is 13.5. The molecule has 0 aliphatic carbocycles. The van der Waals surface area contributed by atoms with Crippen LogP contribution in [-0.4, -0.2) is 38.2 Å². The van der Waals surface area contributed by atoms with Crippen molar-refractivity contribution in [1.82, 2.24) is 10.3 Å². The molecule has 0 atom stereocenters. The molecule has 2 aromatic rings. The zero-order valence-electron chi connectivity index (χ0n) is 16.7. The molecule has 0 fully saturated rings. The van der Waals surface area contributed by atoms with Crippen molar-refractivity contribution in [3.63, 3.8) is 0 Å². The van der Waals surface area contributed by atoms with Crippen molar-refractivity contribution in [1.29, 1.82) is 0 Å². The number of anilines is 1. The summed E-state index contributed by atoms with van der Waals surface area (Å²) in [5.74, 6) is 1.70. The van der Waals surface area contributed by atoms with E-state index in [4.69, 9.17) is 21.1 Å². The second-order valence-electron chi connectivity index (χ2n) is 5.99. The Morgan fingerprint density at radius 2 is 1.96 bits per heavy atom. The predicted molar refractivity (Wildman–Crippen MR) is 113 cm³/mol. The van der Waals surface area contributed by atoms with Crippen LogP contribution in [0.15, 0.2) is 36.5 Å². The Morgan fingerprint density at radius 3 is 2.54 bits per heavy atom. The summed E-state index contributed by atoms with van der Waals surface area (Å²) in [6.45, 7) is 6.41. The van der Waals surface area contributed by atoms with Gasteiger partial charge in [-0.3, -0.25) is 4.79 Å². The number of halogens is 1. The molecule has 0 saturated heterocycles. The summed E-state index contributed by atoms with van der Waals surface area (Å²) < 4.78 is 10.5. The number of hydrogen-bond donors (Lipinski definition) is 1. The third kappa shape index (κ3) is 5.63. The molecule has 0 aliphatic rings. The maximum atomic E-state index is 12.1. The van der Waals surface area contributed by atoms with E-state index in [1.165, 1.54) is 20.3 Å². The molecule has 2 rings (SSSR count). The van der Waals surface area contributed by atoms with Crippen molar-refractivity contribution in [3.05, 3.63) is 52.7 Å². The van der Waals surface area contributed by atoms with Crippen LogP contribution in [0.1, 0.15) is 25.0 Å². The summed E-state index contributed by atoms with van der Waals surface area (Å²) in [4.78, 5) is 18.7. The van der Waals surface area contributed by atoms with Crippen LogP contribution in [0.2, 0.25) is 5.02 Å². The fourth-order valence-electron chi connectivity index (χ4n) is 2.71. The van der Waals surface area contributed by atoms with E-state index in [9.17, 15) is 4.79 Å². The van der Waals surface area contributed by atoms with E-state index < -0.39 is 0 Å². The number of pyridine rings is 1. The quantitative estimate of drug-likeness (QED) is 0.643. The number of benzene rings is 1. The number of nitrogens with one attached hydrogen (secondary N) is 1. The molecule has 1 aromatic heterocycles. The van der Waals surface area contributed by atoms with Gasteiger partial charge in [-0.1, -0.05) is 17.7 Å². The zero-order valence-corrected chi connectivity index (χ0v) is 17.4. The van der Waals surface area contributed by atoms with E-state index >= 15 is 0 Å².